The lowest BCUT2D eigenvalue weighted by Crippen LogP contribution is -2.39. The molecule has 2 saturated carbocycles. The van der Waals surface area contributed by atoms with Crippen molar-refractivity contribution in [2.24, 2.45) is 29.1 Å². The molecule has 25 heavy (non-hydrogen) atoms. The first-order valence-electron chi connectivity index (χ1n) is 9.70. The van der Waals surface area contributed by atoms with Crippen molar-refractivity contribution < 1.29 is 12.6 Å². The van der Waals surface area contributed by atoms with Gasteiger partial charge >= 0.3 is 0 Å². The maximum atomic E-state index is 12.5. The van der Waals surface area contributed by atoms with Gasteiger partial charge in [0.05, 0.1) is 11.5 Å². The molecule has 2 aliphatic rings. The molecule has 2 aliphatic carbocycles. The average molecular weight is 365 g/mol. The average Bonchev–Trinajstić information content (AvgIpc) is 2.92. The summed E-state index contributed by atoms with van der Waals surface area (Å²) in [5, 5.41) is 0. The van der Waals surface area contributed by atoms with Crippen LogP contribution in [0.2, 0.25) is 0 Å². The van der Waals surface area contributed by atoms with E-state index in [0.717, 1.165) is 17.4 Å². The minimum Gasteiger partial charge on any atom is -0.266 e. The van der Waals surface area contributed by atoms with Gasteiger partial charge in [0.1, 0.15) is 0 Å². The van der Waals surface area contributed by atoms with Gasteiger partial charge in [-0.3, -0.25) is 4.18 Å². The number of aryl methyl sites for hydroxylation is 1. The zero-order valence-electron chi connectivity index (χ0n) is 16.0. The van der Waals surface area contributed by atoms with Gasteiger partial charge in [0.25, 0.3) is 10.1 Å². The molecule has 1 aromatic carbocycles. The first-order chi connectivity index (χ1) is 11.7. The summed E-state index contributed by atoms with van der Waals surface area (Å²) in [6, 6.07) is 6.88. The second kappa shape index (κ2) is 7.03. The highest BCUT2D eigenvalue weighted by molar-refractivity contribution is 7.86. The highest BCUT2D eigenvalue weighted by atomic mass is 32.2. The van der Waals surface area contributed by atoms with Gasteiger partial charge < -0.3 is 0 Å². The van der Waals surface area contributed by atoms with E-state index in [4.69, 9.17) is 4.18 Å². The van der Waals surface area contributed by atoms with Crippen LogP contribution < -0.4 is 0 Å². The van der Waals surface area contributed by atoms with Gasteiger partial charge in [-0.15, -0.1) is 0 Å². The van der Waals surface area contributed by atoms with Crippen LogP contribution in [-0.2, 0) is 14.3 Å². The van der Waals surface area contributed by atoms with E-state index in [0.29, 0.717) is 11.3 Å². The lowest BCUT2D eigenvalue weighted by Gasteiger charge is -2.45. The molecule has 0 aliphatic heterocycles. The molecule has 0 amide bonds. The zero-order chi connectivity index (χ0) is 18.2. The summed E-state index contributed by atoms with van der Waals surface area (Å²) in [7, 11) is -3.66. The Bertz CT molecular complexity index is 694. The minimum atomic E-state index is -3.66. The van der Waals surface area contributed by atoms with E-state index < -0.39 is 10.1 Å². The summed E-state index contributed by atoms with van der Waals surface area (Å²) in [6.07, 6.45) is 6.43. The van der Waals surface area contributed by atoms with Crippen LogP contribution in [-0.4, -0.2) is 15.0 Å². The second-order valence-electron chi connectivity index (χ2n) is 8.69. The smallest absolute Gasteiger partial charge is 0.266 e. The molecule has 0 aromatic heterocycles. The molecule has 0 radical (unpaired) electrons. The van der Waals surface area contributed by atoms with Crippen LogP contribution in [0.4, 0.5) is 0 Å². The van der Waals surface area contributed by atoms with Crippen LogP contribution in [0, 0.1) is 36.0 Å². The zero-order valence-corrected chi connectivity index (χ0v) is 16.8. The maximum Gasteiger partial charge on any atom is 0.296 e. The molecular formula is C21H32O3S. The fourth-order valence-corrected chi connectivity index (χ4v) is 6.62. The summed E-state index contributed by atoms with van der Waals surface area (Å²) in [6.45, 7) is 9.24. The third kappa shape index (κ3) is 3.66. The Kier molecular flexibility index (Phi) is 5.32. The molecule has 0 saturated heterocycles. The summed E-state index contributed by atoms with van der Waals surface area (Å²) < 4.78 is 30.4. The Morgan fingerprint density at radius 3 is 2.56 bits per heavy atom. The summed E-state index contributed by atoms with van der Waals surface area (Å²) >= 11 is 0. The van der Waals surface area contributed by atoms with Crippen LogP contribution in [0.5, 0.6) is 0 Å². The van der Waals surface area contributed by atoms with Gasteiger partial charge in [-0.2, -0.15) is 8.42 Å². The van der Waals surface area contributed by atoms with E-state index in [2.05, 4.69) is 20.8 Å². The van der Waals surface area contributed by atoms with Crippen molar-refractivity contribution in [3.63, 3.8) is 0 Å². The van der Waals surface area contributed by atoms with E-state index in [1.54, 1.807) is 12.1 Å². The minimum absolute atomic E-state index is 0.257. The van der Waals surface area contributed by atoms with Gasteiger partial charge in [0, 0.05) is 0 Å². The van der Waals surface area contributed by atoms with E-state index in [-0.39, 0.29) is 17.4 Å². The second-order valence-corrected chi connectivity index (χ2v) is 10.3. The van der Waals surface area contributed by atoms with Crippen molar-refractivity contribution in [3.05, 3.63) is 29.8 Å². The number of rotatable bonds is 5. The number of hydrogen-bond donors (Lipinski definition) is 0. The normalized spacial score (nSPS) is 33.8. The largest absolute Gasteiger partial charge is 0.296 e. The van der Waals surface area contributed by atoms with E-state index in [1.165, 1.54) is 32.1 Å². The number of fused-ring (bicyclic) bond motifs is 1. The Morgan fingerprint density at radius 2 is 1.88 bits per heavy atom. The quantitative estimate of drug-likeness (QED) is 0.675. The highest BCUT2D eigenvalue weighted by Crippen LogP contribution is 2.59. The predicted molar refractivity (Wildman–Crippen MR) is 101 cm³/mol. The fraction of sp³-hybridized carbons (Fsp3) is 0.714. The monoisotopic (exact) mass is 364 g/mol. The highest BCUT2D eigenvalue weighted by Gasteiger charge is 2.51. The number of benzene rings is 1. The van der Waals surface area contributed by atoms with E-state index in [9.17, 15) is 8.42 Å². The van der Waals surface area contributed by atoms with E-state index in [1.807, 2.05) is 19.1 Å². The molecule has 3 unspecified atom stereocenters. The molecule has 0 spiro atoms. The predicted octanol–water partition coefficient (Wildman–Crippen LogP) is 5.19. The Labute approximate surface area is 153 Å². The van der Waals surface area contributed by atoms with Crippen molar-refractivity contribution in [2.45, 2.75) is 64.7 Å². The molecule has 0 heterocycles. The molecule has 0 bridgehead atoms. The summed E-state index contributed by atoms with van der Waals surface area (Å²) in [5.74, 6) is 2.42. The Balaban J connectivity index is 1.66. The molecule has 5 atom stereocenters. The third-order valence-electron chi connectivity index (χ3n) is 7.03. The topological polar surface area (TPSA) is 43.4 Å². The molecule has 140 valence electrons. The Morgan fingerprint density at radius 1 is 1.20 bits per heavy atom. The number of hydrogen-bond acceptors (Lipinski definition) is 3. The SMILES string of the molecule is Cc1ccc(S(=O)(=O)OC[C@H](C)C2CCC3C(C)CCC[C@@]32C)cc1. The molecule has 4 heteroatoms. The third-order valence-corrected chi connectivity index (χ3v) is 8.32. The first kappa shape index (κ1) is 18.9. The summed E-state index contributed by atoms with van der Waals surface area (Å²) in [5.41, 5.74) is 1.40. The van der Waals surface area contributed by atoms with Crippen LogP contribution >= 0.6 is 0 Å². The van der Waals surface area contributed by atoms with Gasteiger partial charge in [-0.1, -0.05) is 51.3 Å². The van der Waals surface area contributed by atoms with Crippen LogP contribution in [0.25, 0.3) is 0 Å². The van der Waals surface area contributed by atoms with Gasteiger partial charge in [0.15, 0.2) is 0 Å². The fourth-order valence-electron chi connectivity index (χ4n) is 5.63. The van der Waals surface area contributed by atoms with E-state index >= 15 is 0 Å². The van der Waals surface area contributed by atoms with Gasteiger partial charge in [0.2, 0.25) is 0 Å². The molecule has 3 nitrogen and oxygen atoms in total. The van der Waals surface area contributed by atoms with Crippen molar-refractivity contribution in [1.82, 2.24) is 0 Å². The standard InChI is InChI=1S/C21H32O3S/c1-15-7-9-18(10-8-15)25(22,23)24-14-17(3)20-12-11-19-16(2)6-5-13-21(19,20)4/h7-10,16-17,19-20H,5-6,11-14H2,1-4H3/t16?,17-,19?,20?,21-/m0/s1. The lowest BCUT2D eigenvalue weighted by atomic mass is 9.60. The van der Waals surface area contributed by atoms with Crippen molar-refractivity contribution in [1.29, 1.82) is 0 Å². The Hall–Kier alpha value is -0.870. The van der Waals surface area contributed by atoms with Crippen molar-refractivity contribution in [2.75, 3.05) is 6.61 Å². The lowest BCUT2D eigenvalue weighted by molar-refractivity contribution is 0.0265. The van der Waals surface area contributed by atoms with Crippen molar-refractivity contribution in [3.8, 4) is 0 Å². The maximum absolute atomic E-state index is 12.5. The van der Waals surface area contributed by atoms with Crippen molar-refractivity contribution >= 4 is 10.1 Å². The van der Waals surface area contributed by atoms with Crippen LogP contribution in [0.3, 0.4) is 0 Å². The summed E-state index contributed by atoms with van der Waals surface area (Å²) in [4.78, 5) is 0.257. The van der Waals surface area contributed by atoms with Gasteiger partial charge in [-0.25, -0.2) is 0 Å². The molecule has 2 fully saturated rings. The van der Waals surface area contributed by atoms with Crippen LogP contribution in [0.15, 0.2) is 29.2 Å². The van der Waals surface area contributed by atoms with Gasteiger partial charge in [-0.05, 0) is 67.4 Å². The molecular weight excluding hydrogens is 332 g/mol. The van der Waals surface area contributed by atoms with Crippen LogP contribution in [0.1, 0.15) is 58.4 Å². The molecule has 0 N–H and O–H groups in total. The molecule has 1 aromatic rings. The molecule has 3 rings (SSSR count). The first-order valence-corrected chi connectivity index (χ1v) is 11.1.